The number of aliphatic hydroxyl groups excluding tert-OH is 4. The van der Waals surface area contributed by atoms with Crippen molar-refractivity contribution in [3.63, 3.8) is 0 Å². The quantitative estimate of drug-likeness (QED) is 0.386. The predicted molar refractivity (Wildman–Crippen MR) is 40.8 cm³/mol. The van der Waals surface area contributed by atoms with Crippen molar-refractivity contribution in [1.82, 2.24) is 0 Å². The van der Waals surface area contributed by atoms with Crippen LogP contribution >= 0.6 is 0 Å². The molecule has 0 bridgehead atoms. The molecule has 4 N–H and O–H groups in total. The van der Waals surface area contributed by atoms with E-state index in [-0.39, 0.29) is 6.61 Å². The Hall–Kier alpha value is -0.240. The third-order valence-electron chi connectivity index (χ3n) is 2.02. The number of ether oxygens (including phenoxy) is 2. The van der Waals surface area contributed by atoms with Crippen LogP contribution in [0.2, 0.25) is 0 Å². The standard InChI is InChI=1S/C7H14O6/c1-12-2-3-4(8)5(9)6(10)7(11)13-3/h3-11H,2H2,1H3/t3?,4-,5+,6?,7-/m1/s1. The van der Waals surface area contributed by atoms with E-state index in [4.69, 9.17) is 19.7 Å². The molecule has 0 aliphatic carbocycles. The number of hydrogen-bond donors (Lipinski definition) is 4. The molecule has 1 heterocycles. The topological polar surface area (TPSA) is 99.4 Å². The van der Waals surface area contributed by atoms with E-state index in [1.807, 2.05) is 0 Å². The SMILES string of the molecule is COCC1O[C@@H](O)C(O)[C@@H](O)[C@@H]1O. The zero-order valence-electron chi connectivity index (χ0n) is 7.20. The first kappa shape index (κ1) is 10.8. The van der Waals surface area contributed by atoms with Gasteiger partial charge in [0.05, 0.1) is 6.61 Å². The predicted octanol–water partition coefficient (Wildman–Crippen LogP) is -2.57. The van der Waals surface area contributed by atoms with Crippen LogP contribution in [0.15, 0.2) is 0 Å². The van der Waals surface area contributed by atoms with Crippen molar-refractivity contribution < 1.29 is 29.9 Å². The third-order valence-corrected chi connectivity index (χ3v) is 2.02. The molecule has 1 fully saturated rings. The van der Waals surface area contributed by atoms with Crippen LogP contribution in [-0.4, -0.2) is 64.8 Å². The molecule has 0 spiro atoms. The van der Waals surface area contributed by atoms with Gasteiger partial charge >= 0.3 is 0 Å². The van der Waals surface area contributed by atoms with Crippen LogP contribution in [0.5, 0.6) is 0 Å². The second-order valence-electron chi connectivity index (χ2n) is 2.99. The van der Waals surface area contributed by atoms with Crippen LogP contribution in [0.25, 0.3) is 0 Å². The van der Waals surface area contributed by atoms with Crippen molar-refractivity contribution in [3.8, 4) is 0 Å². The molecule has 0 aromatic rings. The van der Waals surface area contributed by atoms with E-state index >= 15 is 0 Å². The summed E-state index contributed by atoms with van der Waals surface area (Å²) >= 11 is 0. The van der Waals surface area contributed by atoms with Crippen LogP contribution in [0.1, 0.15) is 0 Å². The van der Waals surface area contributed by atoms with Gasteiger partial charge in [-0.3, -0.25) is 0 Å². The largest absolute Gasteiger partial charge is 0.387 e. The maximum absolute atomic E-state index is 9.33. The van der Waals surface area contributed by atoms with Gasteiger partial charge < -0.3 is 29.9 Å². The summed E-state index contributed by atoms with van der Waals surface area (Å²) in [5, 5.41) is 36.7. The van der Waals surface area contributed by atoms with Gasteiger partial charge in [-0.15, -0.1) is 0 Å². The Kier molecular flexibility index (Phi) is 3.60. The first-order chi connectivity index (χ1) is 6.07. The fourth-order valence-electron chi connectivity index (χ4n) is 1.23. The summed E-state index contributed by atoms with van der Waals surface area (Å²) in [6.45, 7) is 0.0437. The first-order valence-electron chi connectivity index (χ1n) is 3.94. The lowest BCUT2D eigenvalue weighted by atomic mass is 9.99. The maximum atomic E-state index is 9.33. The van der Waals surface area contributed by atoms with Crippen LogP contribution in [0.4, 0.5) is 0 Å². The Morgan fingerprint density at radius 2 is 1.69 bits per heavy atom. The third kappa shape index (κ3) is 2.16. The molecule has 6 heteroatoms. The summed E-state index contributed by atoms with van der Waals surface area (Å²) in [4.78, 5) is 0. The number of methoxy groups -OCH3 is 1. The summed E-state index contributed by atoms with van der Waals surface area (Å²) in [5.74, 6) is 0. The molecule has 0 aromatic carbocycles. The minimum absolute atomic E-state index is 0.0437. The Balaban J connectivity index is 2.59. The van der Waals surface area contributed by atoms with Gasteiger partial charge in [0.1, 0.15) is 24.4 Å². The smallest absolute Gasteiger partial charge is 0.184 e. The zero-order chi connectivity index (χ0) is 10.0. The minimum atomic E-state index is -1.49. The molecule has 0 amide bonds. The van der Waals surface area contributed by atoms with E-state index in [9.17, 15) is 10.2 Å². The molecular formula is C7H14O6. The fourth-order valence-corrected chi connectivity index (χ4v) is 1.23. The molecule has 0 aromatic heterocycles. The summed E-state index contributed by atoms with van der Waals surface area (Å²) < 4.78 is 9.49. The molecule has 5 atom stereocenters. The van der Waals surface area contributed by atoms with E-state index in [2.05, 4.69) is 0 Å². The van der Waals surface area contributed by atoms with E-state index in [1.54, 1.807) is 0 Å². The van der Waals surface area contributed by atoms with Gasteiger partial charge in [0.15, 0.2) is 6.29 Å². The van der Waals surface area contributed by atoms with Crippen molar-refractivity contribution in [2.75, 3.05) is 13.7 Å². The molecule has 2 unspecified atom stereocenters. The maximum Gasteiger partial charge on any atom is 0.184 e. The van der Waals surface area contributed by atoms with Crippen molar-refractivity contribution in [1.29, 1.82) is 0 Å². The van der Waals surface area contributed by atoms with Crippen LogP contribution in [0, 0.1) is 0 Å². The van der Waals surface area contributed by atoms with Crippen LogP contribution < -0.4 is 0 Å². The average Bonchev–Trinajstić information content (AvgIpc) is 2.11. The van der Waals surface area contributed by atoms with Gasteiger partial charge in [-0.1, -0.05) is 0 Å². The van der Waals surface area contributed by atoms with Gasteiger partial charge in [-0.2, -0.15) is 0 Å². The molecule has 1 aliphatic heterocycles. The van der Waals surface area contributed by atoms with Gasteiger partial charge in [-0.25, -0.2) is 0 Å². The van der Waals surface area contributed by atoms with E-state index < -0.39 is 30.7 Å². The second-order valence-corrected chi connectivity index (χ2v) is 2.99. The Labute approximate surface area is 75.3 Å². The van der Waals surface area contributed by atoms with Crippen molar-refractivity contribution in [2.45, 2.75) is 30.7 Å². The van der Waals surface area contributed by atoms with Crippen molar-refractivity contribution >= 4 is 0 Å². The molecule has 1 aliphatic rings. The van der Waals surface area contributed by atoms with E-state index in [0.29, 0.717) is 0 Å². The normalized spacial score (nSPS) is 46.4. The highest BCUT2D eigenvalue weighted by Crippen LogP contribution is 2.19. The fraction of sp³-hybridized carbons (Fsp3) is 1.00. The monoisotopic (exact) mass is 194 g/mol. The molecular weight excluding hydrogens is 180 g/mol. The summed E-state index contributed by atoms with van der Waals surface area (Å²) in [6, 6.07) is 0. The highest BCUT2D eigenvalue weighted by atomic mass is 16.6. The molecule has 13 heavy (non-hydrogen) atoms. The summed E-state index contributed by atoms with van der Waals surface area (Å²) in [6.07, 6.45) is -6.46. The lowest BCUT2D eigenvalue weighted by Crippen LogP contribution is -2.58. The molecule has 0 saturated carbocycles. The van der Waals surface area contributed by atoms with Crippen molar-refractivity contribution in [2.24, 2.45) is 0 Å². The van der Waals surface area contributed by atoms with E-state index in [0.717, 1.165) is 0 Å². The van der Waals surface area contributed by atoms with Gasteiger partial charge in [0, 0.05) is 7.11 Å². The lowest BCUT2D eigenvalue weighted by molar-refractivity contribution is -0.287. The Morgan fingerprint density at radius 1 is 1.08 bits per heavy atom. The summed E-state index contributed by atoms with van der Waals surface area (Å²) in [7, 11) is 1.40. The highest BCUT2D eigenvalue weighted by Gasteiger charge is 2.42. The molecule has 78 valence electrons. The molecule has 0 radical (unpaired) electrons. The summed E-state index contributed by atoms with van der Waals surface area (Å²) in [5.41, 5.74) is 0. The zero-order valence-corrected chi connectivity index (χ0v) is 7.20. The van der Waals surface area contributed by atoms with E-state index in [1.165, 1.54) is 7.11 Å². The highest BCUT2D eigenvalue weighted by molar-refractivity contribution is 4.88. The van der Waals surface area contributed by atoms with Gasteiger partial charge in [0.2, 0.25) is 0 Å². The Bertz CT molecular complexity index is 163. The second kappa shape index (κ2) is 4.32. The first-order valence-corrected chi connectivity index (χ1v) is 3.94. The van der Waals surface area contributed by atoms with Gasteiger partial charge in [-0.05, 0) is 0 Å². The van der Waals surface area contributed by atoms with Crippen LogP contribution in [-0.2, 0) is 9.47 Å². The van der Waals surface area contributed by atoms with Crippen LogP contribution in [0.3, 0.4) is 0 Å². The number of rotatable bonds is 2. The molecule has 1 saturated heterocycles. The lowest BCUT2D eigenvalue weighted by Gasteiger charge is -2.37. The number of aliphatic hydroxyl groups is 4. The number of hydrogen-bond acceptors (Lipinski definition) is 6. The minimum Gasteiger partial charge on any atom is -0.387 e. The van der Waals surface area contributed by atoms with Gasteiger partial charge in [0.25, 0.3) is 0 Å². The molecule has 6 nitrogen and oxygen atoms in total. The molecule has 1 rings (SSSR count). The Morgan fingerprint density at radius 3 is 2.23 bits per heavy atom. The average molecular weight is 194 g/mol. The van der Waals surface area contributed by atoms with Crippen molar-refractivity contribution in [3.05, 3.63) is 0 Å².